The molecule has 0 saturated carbocycles. The molecular weight excluding hydrogens is 308 g/mol. The number of alkyl halides is 1. The Balaban J connectivity index is 2.94. The highest BCUT2D eigenvalue weighted by Gasteiger charge is 2.18. The molecular formula is C14H19ClN4OS. The molecule has 0 atom stereocenters. The predicted molar refractivity (Wildman–Crippen MR) is 90.7 cm³/mol. The van der Waals surface area contributed by atoms with Gasteiger partial charge in [0.25, 0.3) is 0 Å². The largest absolute Gasteiger partial charge is 0.366 e. The Morgan fingerprint density at radius 2 is 2.05 bits per heavy atom. The molecule has 3 N–H and O–H groups in total. The van der Waals surface area contributed by atoms with E-state index < -0.39 is 5.91 Å². The van der Waals surface area contributed by atoms with Gasteiger partial charge in [-0.05, 0) is 12.5 Å². The number of primary amides is 1. The van der Waals surface area contributed by atoms with Gasteiger partial charge in [-0.2, -0.15) is 0 Å². The van der Waals surface area contributed by atoms with Crippen LogP contribution in [0.4, 0.5) is 0 Å². The van der Waals surface area contributed by atoms with E-state index in [2.05, 4.69) is 4.99 Å². The van der Waals surface area contributed by atoms with E-state index in [1.165, 1.54) is 11.8 Å². The number of carbonyl (C=O) groups is 1. The van der Waals surface area contributed by atoms with Crippen LogP contribution in [0.3, 0.4) is 0 Å². The van der Waals surface area contributed by atoms with Crippen molar-refractivity contribution in [3.63, 3.8) is 0 Å². The average molecular weight is 327 g/mol. The summed E-state index contributed by atoms with van der Waals surface area (Å²) >= 11 is 7.19. The van der Waals surface area contributed by atoms with E-state index >= 15 is 0 Å². The van der Waals surface area contributed by atoms with Gasteiger partial charge in [-0.15, -0.1) is 11.6 Å². The zero-order chi connectivity index (χ0) is 15.8. The van der Waals surface area contributed by atoms with Crippen molar-refractivity contribution in [2.45, 2.75) is 6.42 Å². The molecule has 7 heteroatoms. The third-order valence-electron chi connectivity index (χ3n) is 2.77. The summed E-state index contributed by atoms with van der Waals surface area (Å²) in [5.41, 5.74) is 6.18. The van der Waals surface area contributed by atoms with Crippen molar-refractivity contribution in [1.29, 1.82) is 5.41 Å². The third-order valence-corrected chi connectivity index (χ3v) is 4.25. The Morgan fingerprint density at radius 3 is 2.57 bits per heavy atom. The lowest BCUT2D eigenvalue weighted by atomic mass is 10.1. The molecule has 114 valence electrons. The van der Waals surface area contributed by atoms with Crippen molar-refractivity contribution in [1.82, 2.24) is 4.90 Å². The number of nitrogens with zero attached hydrogens (tertiary/aromatic N) is 2. The first-order valence-electron chi connectivity index (χ1n) is 6.40. The van der Waals surface area contributed by atoms with Gasteiger partial charge in [-0.1, -0.05) is 30.0 Å². The number of amidine groups is 2. The number of amides is 1. The maximum atomic E-state index is 11.5. The molecule has 0 aliphatic carbocycles. The fourth-order valence-electron chi connectivity index (χ4n) is 1.71. The number of aliphatic imine (C=N–C) groups is 1. The average Bonchev–Trinajstić information content (AvgIpc) is 2.50. The summed E-state index contributed by atoms with van der Waals surface area (Å²) in [6.07, 6.45) is 0.865. The second-order valence-corrected chi connectivity index (χ2v) is 5.65. The summed E-state index contributed by atoms with van der Waals surface area (Å²) in [7, 11) is 3.42. The van der Waals surface area contributed by atoms with Crippen molar-refractivity contribution >= 4 is 40.3 Å². The maximum Gasteiger partial charge on any atom is 0.249 e. The van der Waals surface area contributed by atoms with Crippen molar-refractivity contribution in [3.8, 4) is 0 Å². The lowest BCUT2D eigenvalue weighted by Gasteiger charge is -2.22. The summed E-state index contributed by atoms with van der Waals surface area (Å²) in [5.74, 6) is 1.05. The highest BCUT2D eigenvalue weighted by Crippen LogP contribution is 2.15. The first-order chi connectivity index (χ1) is 10.0. The number of nitrogens with two attached hydrogens (primary N) is 1. The molecule has 1 aromatic carbocycles. The van der Waals surface area contributed by atoms with Crippen LogP contribution in [-0.2, 0) is 0 Å². The molecule has 0 heterocycles. The number of thioether (sulfide) groups is 1. The summed E-state index contributed by atoms with van der Waals surface area (Å²) in [6, 6.07) is 6.81. The molecule has 21 heavy (non-hydrogen) atoms. The molecule has 1 amide bonds. The van der Waals surface area contributed by atoms with Gasteiger partial charge in [-0.3, -0.25) is 15.2 Å². The van der Waals surface area contributed by atoms with Gasteiger partial charge in [0, 0.05) is 31.3 Å². The van der Waals surface area contributed by atoms with Crippen molar-refractivity contribution < 1.29 is 4.79 Å². The normalized spacial score (nSPS) is 11.3. The lowest BCUT2D eigenvalue weighted by Crippen LogP contribution is -2.33. The summed E-state index contributed by atoms with van der Waals surface area (Å²) < 4.78 is 0. The predicted octanol–water partition coefficient (Wildman–Crippen LogP) is 2.39. The van der Waals surface area contributed by atoms with Crippen molar-refractivity contribution in [3.05, 3.63) is 35.4 Å². The van der Waals surface area contributed by atoms with E-state index in [9.17, 15) is 4.79 Å². The van der Waals surface area contributed by atoms with Gasteiger partial charge in [0.05, 0.1) is 5.56 Å². The molecule has 0 aliphatic rings. The zero-order valence-electron chi connectivity index (χ0n) is 12.1. The lowest BCUT2D eigenvalue weighted by molar-refractivity contribution is 0.1000. The standard InChI is InChI=1S/C14H19ClN4OS/c1-18-14(21-9-5-8-15)19(2)12(16)10-6-3-4-7-11(10)13(17)20/h3-4,6-7,16H,5,8-9H2,1-2H3,(H2,17,20). The first-order valence-corrected chi connectivity index (χ1v) is 7.92. The summed E-state index contributed by atoms with van der Waals surface area (Å²) in [4.78, 5) is 17.3. The highest BCUT2D eigenvalue weighted by atomic mass is 35.5. The Labute approximate surface area is 134 Å². The van der Waals surface area contributed by atoms with Crippen molar-refractivity contribution in [2.24, 2.45) is 10.7 Å². The number of benzene rings is 1. The molecule has 0 bridgehead atoms. The molecule has 5 nitrogen and oxygen atoms in total. The number of rotatable bonds is 5. The fraction of sp³-hybridized carbons (Fsp3) is 0.357. The maximum absolute atomic E-state index is 11.5. The van der Waals surface area contributed by atoms with Crippen LogP contribution in [-0.4, -0.2) is 47.5 Å². The number of nitrogens with one attached hydrogen (secondary N) is 1. The summed E-state index contributed by atoms with van der Waals surface area (Å²) in [5, 5.41) is 8.98. The van der Waals surface area contributed by atoms with E-state index in [-0.39, 0.29) is 5.84 Å². The smallest absolute Gasteiger partial charge is 0.249 e. The second-order valence-electron chi connectivity index (χ2n) is 4.21. The molecule has 0 spiro atoms. The van der Waals surface area contributed by atoms with Crippen LogP contribution >= 0.6 is 23.4 Å². The van der Waals surface area contributed by atoms with Gasteiger partial charge in [0.2, 0.25) is 5.91 Å². The quantitative estimate of drug-likeness (QED) is 0.377. The minimum atomic E-state index is -0.548. The number of hydrogen-bond donors (Lipinski definition) is 2. The van der Waals surface area contributed by atoms with Crippen LogP contribution in [0.25, 0.3) is 0 Å². The van der Waals surface area contributed by atoms with Gasteiger partial charge >= 0.3 is 0 Å². The molecule has 0 radical (unpaired) electrons. The molecule has 0 aromatic heterocycles. The Bertz CT molecular complexity index is 548. The molecule has 1 aromatic rings. The van der Waals surface area contributed by atoms with E-state index in [4.69, 9.17) is 22.7 Å². The van der Waals surface area contributed by atoms with E-state index in [1.54, 1.807) is 43.3 Å². The van der Waals surface area contributed by atoms with Crippen LogP contribution in [0.1, 0.15) is 22.3 Å². The molecule has 0 aliphatic heterocycles. The third kappa shape index (κ3) is 4.75. The van der Waals surface area contributed by atoms with Crippen LogP contribution in [0.2, 0.25) is 0 Å². The SMILES string of the molecule is CN=C(SCCCCl)N(C)C(=N)c1ccccc1C(N)=O. The fourth-order valence-corrected chi connectivity index (χ4v) is 2.89. The Kier molecular flexibility index (Phi) is 7.25. The first kappa shape index (κ1) is 17.5. The minimum Gasteiger partial charge on any atom is -0.366 e. The number of hydrogen-bond acceptors (Lipinski definition) is 4. The van der Waals surface area contributed by atoms with E-state index in [0.717, 1.165) is 12.2 Å². The second kappa shape index (κ2) is 8.69. The minimum absolute atomic E-state index is 0.184. The van der Waals surface area contributed by atoms with Crippen LogP contribution < -0.4 is 5.73 Å². The van der Waals surface area contributed by atoms with E-state index in [0.29, 0.717) is 22.2 Å². The summed E-state index contributed by atoms with van der Waals surface area (Å²) in [6.45, 7) is 0. The Hall–Kier alpha value is -1.53. The number of carbonyl (C=O) groups excluding carboxylic acids is 1. The monoisotopic (exact) mass is 326 g/mol. The van der Waals surface area contributed by atoms with Crippen LogP contribution in [0.15, 0.2) is 29.3 Å². The zero-order valence-corrected chi connectivity index (χ0v) is 13.7. The highest BCUT2D eigenvalue weighted by molar-refractivity contribution is 8.13. The van der Waals surface area contributed by atoms with Gasteiger partial charge in [0.15, 0.2) is 5.17 Å². The molecule has 1 rings (SSSR count). The van der Waals surface area contributed by atoms with Crippen LogP contribution in [0, 0.1) is 5.41 Å². The van der Waals surface area contributed by atoms with Gasteiger partial charge < -0.3 is 10.6 Å². The molecule has 0 fully saturated rings. The van der Waals surface area contributed by atoms with Gasteiger partial charge in [-0.25, -0.2) is 0 Å². The van der Waals surface area contributed by atoms with Gasteiger partial charge in [0.1, 0.15) is 5.84 Å². The topological polar surface area (TPSA) is 82.5 Å². The van der Waals surface area contributed by atoms with Crippen LogP contribution in [0.5, 0.6) is 0 Å². The molecule has 0 unspecified atom stereocenters. The number of halogens is 1. The van der Waals surface area contributed by atoms with E-state index in [1.807, 2.05) is 0 Å². The Morgan fingerprint density at radius 1 is 1.43 bits per heavy atom. The molecule has 0 saturated heterocycles. The van der Waals surface area contributed by atoms with Crippen molar-refractivity contribution in [2.75, 3.05) is 25.7 Å².